The second-order valence-corrected chi connectivity index (χ2v) is 5.05. The summed E-state index contributed by atoms with van der Waals surface area (Å²) < 4.78 is 0. The van der Waals surface area contributed by atoms with Gasteiger partial charge in [0.05, 0.1) is 0 Å². The van der Waals surface area contributed by atoms with Gasteiger partial charge in [-0.15, -0.1) is 0 Å². The van der Waals surface area contributed by atoms with Crippen molar-refractivity contribution in [2.45, 2.75) is 33.2 Å². The maximum Gasteiger partial charge on any atom is 0.221 e. The third-order valence-electron chi connectivity index (χ3n) is 2.64. The third kappa shape index (κ3) is 5.74. The van der Waals surface area contributed by atoms with Gasteiger partial charge in [-0.3, -0.25) is 4.79 Å². The van der Waals surface area contributed by atoms with E-state index in [-0.39, 0.29) is 17.4 Å². The normalized spacial score (nSPS) is 14.1. The lowest BCUT2D eigenvalue weighted by Crippen LogP contribution is -2.47. The van der Waals surface area contributed by atoms with Crippen LogP contribution in [0.1, 0.15) is 27.2 Å². The summed E-state index contributed by atoms with van der Waals surface area (Å²) in [6.45, 7) is 7.70. The molecule has 0 heterocycles. The molecule has 3 N–H and O–H groups in total. The Hall–Kier alpha value is -0.610. The number of carbonyl (C=O) groups excluding carboxylic acids is 1. The van der Waals surface area contributed by atoms with Crippen molar-refractivity contribution in [3.8, 4) is 0 Å². The van der Waals surface area contributed by atoms with Crippen LogP contribution in [0.4, 0.5) is 0 Å². The summed E-state index contributed by atoms with van der Waals surface area (Å²) in [5.41, 5.74) is 5.39. The summed E-state index contributed by atoms with van der Waals surface area (Å²) in [5.74, 6) is 0.0387. The van der Waals surface area contributed by atoms with Gasteiger partial charge in [0.1, 0.15) is 0 Å². The van der Waals surface area contributed by atoms with E-state index in [4.69, 9.17) is 5.73 Å². The molecule has 0 aliphatic carbocycles. The number of nitrogens with zero attached hydrogens (tertiary/aromatic N) is 1. The Labute approximate surface area is 93.2 Å². The molecule has 15 heavy (non-hydrogen) atoms. The minimum Gasteiger partial charge on any atom is -0.353 e. The van der Waals surface area contributed by atoms with Gasteiger partial charge < -0.3 is 16.0 Å². The zero-order valence-electron chi connectivity index (χ0n) is 10.6. The average molecular weight is 215 g/mol. The molecule has 0 spiro atoms. The molecular weight excluding hydrogens is 190 g/mol. The fourth-order valence-corrected chi connectivity index (χ4v) is 1.59. The lowest BCUT2D eigenvalue weighted by Gasteiger charge is -2.34. The highest BCUT2D eigenvalue weighted by Crippen LogP contribution is 2.21. The van der Waals surface area contributed by atoms with Crippen LogP contribution < -0.4 is 11.1 Å². The van der Waals surface area contributed by atoms with E-state index < -0.39 is 0 Å². The van der Waals surface area contributed by atoms with E-state index in [1.54, 1.807) is 0 Å². The molecule has 4 nitrogen and oxygen atoms in total. The summed E-state index contributed by atoms with van der Waals surface area (Å²) in [4.78, 5) is 13.5. The highest BCUT2D eigenvalue weighted by molar-refractivity contribution is 5.76. The first-order valence-electron chi connectivity index (χ1n) is 5.43. The first-order valence-corrected chi connectivity index (χ1v) is 5.43. The maximum atomic E-state index is 11.4. The van der Waals surface area contributed by atoms with Gasteiger partial charge in [-0.25, -0.2) is 0 Å². The van der Waals surface area contributed by atoms with Gasteiger partial charge in [0.15, 0.2) is 0 Å². The van der Waals surface area contributed by atoms with Gasteiger partial charge in [-0.1, -0.05) is 13.8 Å². The number of hydrogen-bond acceptors (Lipinski definition) is 3. The summed E-state index contributed by atoms with van der Waals surface area (Å²) in [5, 5.41) is 2.98. The molecule has 4 heteroatoms. The SMILES string of the molecule is CC(NC(=O)CCN)C(C)(C)CN(C)C. The van der Waals surface area contributed by atoms with Crippen molar-refractivity contribution in [1.29, 1.82) is 0 Å². The summed E-state index contributed by atoms with van der Waals surface area (Å²) in [6, 6.07) is 0.152. The fraction of sp³-hybridized carbons (Fsp3) is 0.909. The van der Waals surface area contributed by atoms with Crippen molar-refractivity contribution in [3.63, 3.8) is 0 Å². The summed E-state index contributed by atoms with van der Waals surface area (Å²) in [6.07, 6.45) is 0.405. The minimum absolute atomic E-state index is 0.0387. The van der Waals surface area contributed by atoms with Gasteiger partial charge in [0.2, 0.25) is 5.91 Å². The lowest BCUT2D eigenvalue weighted by molar-refractivity contribution is -0.122. The van der Waals surface area contributed by atoms with Gasteiger partial charge in [-0.2, -0.15) is 0 Å². The number of amides is 1. The molecular formula is C11H25N3O. The van der Waals surface area contributed by atoms with E-state index in [0.717, 1.165) is 6.54 Å². The summed E-state index contributed by atoms with van der Waals surface area (Å²) in [7, 11) is 4.08. The van der Waals surface area contributed by atoms with Crippen LogP contribution >= 0.6 is 0 Å². The highest BCUT2D eigenvalue weighted by Gasteiger charge is 2.27. The van der Waals surface area contributed by atoms with Crippen molar-refractivity contribution >= 4 is 5.91 Å². The fourth-order valence-electron chi connectivity index (χ4n) is 1.59. The van der Waals surface area contributed by atoms with Gasteiger partial charge in [0.25, 0.3) is 0 Å². The Morgan fingerprint density at radius 3 is 2.40 bits per heavy atom. The predicted molar refractivity (Wildman–Crippen MR) is 63.6 cm³/mol. The molecule has 1 amide bonds. The van der Waals surface area contributed by atoms with Crippen LogP contribution in [0.3, 0.4) is 0 Å². The van der Waals surface area contributed by atoms with E-state index in [2.05, 4.69) is 24.1 Å². The van der Waals surface area contributed by atoms with Crippen LogP contribution in [0.25, 0.3) is 0 Å². The first-order chi connectivity index (χ1) is 6.79. The van der Waals surface area contributed by atoms with Crippen molar-refractivity contribution in [1.82, 2.24) is 10.2 Å². The smallest absolute Gasteiger partial charge is 0.221 e. The molecule has 0 saturated carbocycles. The Kier molecular flexibility index (Phi) is 5.83. The largest absolute Gasteiger partial charge is 0.353 e. The molecule has 0 fully saturated rings. The topological polar surface area (TPSA) is 58.4 Å². The first kappa shape index (κ1) is 14.4. The minimum atomic E-state index is 0.0387. The molecule has 90 valence electrons. The Bertz CT molecular complexity index is 202. The molecule has 0 aromatic rings. The van der Waals surface area contributed by atoms with E-state index in [1.165, 1.54) is 0 Å². The van der Waals surface area contributed by atoms with Crippen molar-refractivity contribution < 1.29 is 4.79 Å². The molecule has 0 saturated heterocycles. The Morgan fingerprint density at radius 2 is 2.00 bits per heavy atom. The molecule has 1 atom stereocenters. The van der Waals surface area contributed by atoms with E-state index in [0.29, 0.717) is 13.0 Å². The van der Waals surface area contributed by atoms with Gasteiger partial charge in [0, 0.05) is 25.6 Å². The lowest BCUT2D eigenvalue weighted by atomic mass is 9.85. The molecule has 0 radical (unpaired) electrons. The van der Waals surface area contributed by atoms with Crippen LogP contribution in [-0.4, -0.2) is 44.0 Å². The number of nitrogens with two attached hydrogens (primary N) is 1. The second kappa shape index (κ2) is 6.08. The molecule has 0 aliphatic heterocycles. The molecule has 1 unspecified atom stereocenters. The predicted octanol–water partition coefficient (Wildman–Crippen LogP) is 0.428. The zero-order chi connectivity index (χ0) is 12.1. The van der Waals surface area contributed by atoms with Crippen molar-refractivity contribution in [2.24, 2.45) is 11.1 Å². The van der Waals surface area contributed by atoms with Crippen LogP contribution in [0.5, 0.6) is 0 Å². The van der Waals surface area contributed by atoms with E-state index >= 15 is 0 Å². The number of nitrogens with one attached hydrogen (secondary N) is 1. The average Bonchev–Trinajstić information content (AvgIpc) is 2.01. The second-order valence-electron chi connectivity index (χ2n) is 5.05. The Balaban J connectivity index is 4.17. The Morgan fingerprint density at radius 1 is 1.47 bits per heavy atom. The standard InChI is InChI=1S/C11H25N3O/c1-9(13-10(15)6-7-12)11(2,3)8-14(4)5/h9H,6-8,12H2,1-5H3,(H,13,15). The summed E-state index contributed by atoms with van der Waals surface area (Å²) >= 11 is 0. The molecule has 0 rings (SSSR count). The van der Waals surface area contributed by atoms with Crippen LogP contribution in [-0.2, 0) is 4.79 Å². The monoisotopic (exact) mass is 215 g/mol. The van der Waals surface area contributed by atoms with E-state index in [9.17, 15) is 4.79 Å². The van der Waals surface area contributed by atoms with Crippen molar-refractivity contribution in [3.05, 3.63) is 0 Å². The molecule has 0 aromatic heterocycles. The van der Waals surface area contributed by atoms with Crippen LogP contribution in [0, 0.1) is 5.41 Å². The van der Waals surface area contributed by atoms with Crippen LogP contribution in [0.15, 0.2) is 0 Å². The van der Waals surface area contributed by atoms with Crippen LogP contribution in [0.2, 0.25) is 0 Å². The number of rotatable bonds is 6. The van der Waals surface area contributed by atoms with Crippen molar-refractivity contribution in [2.75, 3.05) is 27.2 Å². The quantitative estimate of drug-likeness (QED) is 0.675. The van der Waals surface area contributed by atoms with Gasteiger partial charge >= 0.3 is 0 Å². The molecule has 0 aromatic carbocycles. The van der Waals surface area contributed by atoms with E-state index in [1.807, 2.05) is 21.0 Å². The number of carbonyl (C=O) groups is 1. The molecule has 0 bridgehead atoms. The highest BCUT2D eigenvalue weighted by atomic mass is 16.1. The maximum absolute atomic E-state index is 11.4. The molecule has 0 aliphatic rings. The van der Waals surface area contributed by atoms with Gasteiger partial charge in [-0.05, 0) is 26.4 Å². The zero-order valence-corrected chi connectivity index (χ0v) is 10.6. The third-order valence-corrected chi connectivity index (χ3v) is 2.64. The number of hydrogen-bond donors (Lipinski definition) is 2.